The first-order valence-electron chi connectivity index (χ1n) is 8.09. The molecule has 5 nitrogen and oxygen atoms in total. The van der Waals surface area contributed by atoms with E-state index >= 15 is 0 Å². The smallest absolute Gasteiger partial charge is 0.251 e. The summed E-state index contributed by atoms with van der Waals surface area (Å²) >= 11 is 0. The highest BCUT2D eigenvalue weighted by atomic mass is 19.1. The standard InChI is InChI=1S/C19H22FN3O2/c1-3-21-19(25)15-7-5-9-17(11-15)22-18(24)13-23(2)12-14-6-4-8-16(20)10-14/h4-11H,3,12-13H2,1-2H3,(H,21,25)(H,22,24). The second-order valence-corrected chi connectivity index (χ2v) is 5.79. The van der Waals surface area contributed by atoms with E-state index in [0.29, 0.717) is 24.3 Å². The highest BCUT2D eigenvalue weighted by Crippen LogP contribution is 2.11. The van der Waals surface area contributed by atoms with Crippen LogP contribution >= 0.6 is 0 Å². The number of amides is 2. The lowest BCUT2D eigenvalue weighted by Gasteiger charge is -2.16. The van der Waals surface area contributed by atoms with Gasteiger partial charge in [0.05, 0.1) is 6.54 Å². The number of likely N-dealkylation sites (N-methyl/N-ethyl adjacent to an activating group) is 1. The van der Waals surface area contributed by atoms with Gasteiger partial charge < -0.3 is 10.6 Å². The molecule has 132 valence electrons. The number of halogens is 1. The van der Waals surface area contributed by atoms with Gasteiger partial charge in [-0.1, -0.05) is 18.2 Å². The van der Waals surface area contributed by atoms with Gasteiger partial charge in [-0.05, 0) is 49.9 Å². The first-order valence-corrected chi connectivity index (χ1v) is 8.09. The summed E-state index contributed by atoms with van der Waals surface area (Å²) in [6, 6.07) is 13.1. The minimum atomic E-state index is -0.294. The van der Waals surface area contributed by atoms with Crippen LogP contribution in [0.5, 0.6) is 0 Å². The van der Waals surface area contributed by atoms with Crippen LogP contribution < -0.4 is 10.6 Å². The zero-order valence-corrected chi connectivity index (χ0v) is 14.4. The van der Waals surface area contributed by atoms with E-state index in [9.17, 15) is 14.0 Å². The number of hydrogen-bond donors (Lipinski definition) is 2. The van der Waals surface area contributed by atoms with Gasteiger partial charge in [0.1, 0.15) is 5.82 Å². The Morgan fingerprint density at radius 3 is 2.60 bits per heavy atom. The van der Waals surface area contributed by atoms with E-state index in [2.05, 4.69) is 10.6 Å². The summed E-state index contributed by atoms with van der Waals surface area (Å²) in [5.74, 6) is -0.675. The van der Waals surface area contributed by atoms with Gasteiger partial charge in [-0.25, -0.2) is 4.39 Å². The van der Waals surface area contributed by atoms with E-state index in [-0.39, 0.29) is 24.2 Å². The quantitative estimate of drug-likeness (QED) is 0.812. The highest BCUT2D eigenvalue weighted by molar-refractivity contribution is 5.97. The average molecular weight is 343 g/mol. The Balaban J connectivity index is 1.91. The fraction of sp³-hybridized carbons (Fsp3) is 0.263. The van der Waals surface area contributed by atoms with Crippen molar-refractivity contribution in [2.24, 2.45) is 0 Å². The van der Waals surface area contributed by atoms with Crippen molar-refractivity contribution in [1.29, 1.82) is 0 Å². The number of carbonyl (C=O) groups is 2. The van der Waals surface area contributed by atoms with Crippen molar-refractivity contribution in [3.8, 4) is 0 Å². The summed E-state index contributed by atoms with van der Waals surface area (Å²) in [7, 11) is 1.79. The van der Waals surface area contributed by atoms with Crippen molar-refractivity contribution in [3.05, 3.63) is 65.5 Å². The minimum absolute atomic E-state index is 0.155. The Kier molecular flexibility index (Phi) is 6.65. The Morgan fingerprint density at radius 2 is 1.88 bits per heavy atom. The fourth-order valence-electron chi connectivity index (χ4n) is 2.45. The third kappa shape index (κ3) is 6.00. The van der Waals surface area contributed by atoms with Gasteiger partial charge in [-0.15, -0.1) is 0 Å². The monoisotopic (exact) mass is 343 g/mol. The molecular formula is C19H22FN3O2. The van der Waals surface area contributed by atoms with E-state index in [1.54, 1.807) is 42.3 Å². The summed E-state index contributed by atoms with van der Waals surface area (Å²) in [4.78, 5) is 25.8. The molecule has 0 bridgehead atoms. The first kappa shape index (κ1) is 18.6. The lowest BCUT2D eigenvalue weighted by molar-refractivity contribution is -0.117. The van der Waals surface area contributed by atoms with E-state index in [4.69, 9.17) is 0 Å². The van der Waals surface area contributed by atoms with Crippen LogP contribution in [0.2, 0.25) is 0 Å². The highest BCUT2D eigenvalue weighted by Gasteiger charge is 2.10. The number of rotatable bonds is 7. The zero-order chi connectivity index (χ0) is 18.2. The van der Waals surface area contributed by atoms with Crippen molar-refractivity contribution in [2.75, 3.05) is 25.5 Å². The van der Waals surface area contributed by atoms with Crippen LogP contribution in [0, 0.1) is 5.82 Å². The molecule has 0 aromatic heterocycles. The lowest BCUT2D eigenvalue weighted by Crippen LogP contribution is -2.30. The molecule has 0 unspecified atom stereocenters. The summed E-state index contributed by atoms with van der Waals surface area (Å²) in [5, 5.41) is 5.49. The molecule has 0 saturated heterocycles. The first-order chi connectivity index (χ1) is 12.0. The predicted octanol–water partition coefficient (Wildman–Crippen LogP) is 2.65. The van der Waals surface area contributed by atoms with E-state index in [1.165, 1.54) is 12.1 Å². The van der Waals surface area contributed by atoms with Gasteiger partial charge in [0.2, 0.25) is 5.91 Å². The normalized spacial score (nSPS) is 10.6. The maximum Gasteiger partial charge on any atom is 0.251 e. The maximum absolute atomic E-state index is 13.2. The molecule has 0 atom stereocenters. The molecule has 25 heavy (non-hydrogen) atoms. The molecule has 2 N–H and O–H groups in total. The fourth-order valence-corrected chi connectivity index (χ4v) is 2.45. The molecule has 0 heterocycles. The van der Waals surface area contributed by atoms with Crippen LogP contribution in [0.3, 0.4) is 0 Å². The summed E-state index contributed by atoms with van der Waals surface area (Å²) < 4.78 is 13.2. The number of carbonyl (C=O) groups excluding carboxylic acids is 2. The van der Waals surface area contributed by atoms with Gasteiger partial charge in [-0.3, -0.25) is 14.5 Å². The maximum atomic E-state index is 13.2. The van der Waals surface area contributed by atoms with Crippen molar-refractivity contribution in [1.82, 2.24) is 10.2 Å². The van der Waals surface area contributed by atoms with Crippen LogP contribution in [-0.2, 0) is 11.3 Å². The Morgan fingerprint density at radius 1 is 1.12 bits per heavy atom. The zero-order valence-electron chi connectivity index (χ0n) is 14.4. The molecule has 2 aromatic carbocycles. The van der Waals surface area contributed by atoms with Crippen LogP contribution in [0.1, 0.15) is 22.8 Å². The molecule has 0 saturated carbocycles. The van der Waals surface area contributed by atoms with Crippen molar-refractivity contribution in [2.45, 2.75) is 13.5 Å². The number of nitrogens with one attached hydrogen (secondary N) is 2. The number of benzene rings is 2. The molecule has 2 rings (SSSR count). The summed E-state index contributed by atoms with van der Waals surface area (Å²) in [6.07, 6.45) is 0. The third-order valence-electron chi connectivity index (χ3n) is 3.50. The number of hydrogen-bond acceptors (Lipinski definition) is 3. The molecule has 6 heteroatoms. The van der Waals surface area contributed by atoms with Crippen LogP contribution in [0.25, 0.3) is 0 Å². The van der Waals surface area contributed by atoms with E-state index < -0.39 is 0 Å². The molecule has 2 aromatic rings. The predicted molar refractivity (Wildman–Crippen MR) is 95.8 cm³/mol. The lowest BCUT2D eigenvalue weighted by atomic mass is 10.2. The minimum Gasteiger partial charge on any atom is -0.352 e. The van der Waals surface area contributed by atoms with Gasteiger partial charge in [-0.2, -0.15) is 0 Å². The number of nitrogens with zero attached hydrogens (tertiary/aromatic N) is 1. The molecule has 0 aliphatic carbocycles. The SMILES string of the molecule is CCNC(=O)c1cccc(NC(=O)CN(C)Cc2cccc(F)c2)c1. The molecule has 2 amide bonds. The summed E-state index contributed by atoms with van der Waals surface area (Å²) in [5.41, 5.74) is 1.86. The Hall–Kier alpha value is -2.73. The molecule has 0 aliphatic heterocycles. The molecular weight excluding hydrogens is 321 g/mol. The Labute approximate surface area is 146 Å². The van der Waals surface area contributed by atoms with Gasteiger partial charge in [0, 0.05) is 24.3 Å². The van der Waals surface area contributed by atoms with Crippen molar-refractivity contribution >= 4 is 17.5 Å². The van der Waals surface area contributed by atoms with Gasteiger partial charge >= 0.3 is 0 Å². The number of anilines is 1. The summed E-state index contributed by atoms with van der Waals surface area (Å²) in [6.45, 7) is 3.00. The third-order valence-corrected chi connectivity index (χ3v) is 3.50. The average Bonchev–Trinajstić information content (AvgIpc) is 2.55. The van der Waals surface area contributed by atoms with E-state index in [0.717, 1.165) is 5.56 Å². The second-order valence-electron chi connectivity index (χ2n) is 5.79. The van der Waals surface area contributed by atoms with Crippen molar-refractivity contribution < 1.29 is 14.0 Å². The van der Waals surface area contributed by atoms with Crippen molar-refractivity contribution in [3.63, 3.8) is 0 Å². The van der Waals surface area contributed by atoms with E-state index in [1.807, 2.05) is 13.0 Å². The largest absolute Gasteiger partial charge is 0.352 e. The molecule has 0 spiro atoms. The van der Waals surface area contributed by atoms with Crippen LogP contribution in [-0.4, -0.2) is 36.9 Å². The van der Waals surface area contributed by atoms with Gasteiger partial charge in [0.25, 0.3) is 5.91 Å². The van der Waals surface area contributed by atoms with Crippen LogP contribution in [0.15, 0.2) is 48.5 Å². The van der Waals surface area contributed by atoms with Gasteiger partial charge in [0.15, 0.2) is 0 Å². The molecule has 0 radical (unpaired) electrons. The second kappa shape index (κ2) is 8.94. The Bertz CT molecular complexity index is 749. The topological polar surface area (TPSA) is 61.4 Å². The molecule has 0 fully saturated rings. The molecule has 0 aliphatic rings. The van der Waals surface area contributed by atoms with Crippen LogP contribution in [0.4, 0.5) is 10.1 Å².